The van der Waals surface area contributed by atoms with Gasteiger partial charge in [0.1, 0.15) is 0 Å². The van der Waals surface area contributed by atoms with Crippen LogP contribution in [0.5, 0.6) is 0 Å². The van der Waals surface area contributed by atoms with Crippen LogP contribution in [0, 0.1) is 0 Å². The number of aryl methyl sites for hydroxylation is 1. The lowest BCUT2D eigenvalue weighted by Gasteiger charge is -2.01. The zero-order valence-electron chi connectivity index (χ0n) is 10.5. The Bertz CT molecular complexity index is 624. The summed E-state index contributed by atoms with van der Waals surface area (Å²) in [5.74, 6) is 0.633. The number of para-hydroxylation sites is 2. The Balaban J connectivity index is 2.55. The van der Waals surface area contributed by atoms with Gasteiger partial charge in [-0.2, -0.15) is 0 Å². The number of imidazole rings is 1. The summed E-state index contributed by atoms with van der Waals surface area (Å²) in [6, 6.07) is 7.80. The van der Waals surface area contributed by atoms with Gasteiger partial charge >= 0.3 is 5.69 Å². The number of unbranched alkanes of at least 4 members (excludes halogenated alkanes) is 1. The fourth-order valence-electron chi connectivity index (χ4n) is 2.16. The molecule has 0 N–H and O–H groups in total. The summed E-state index contributed by atoms with van der Waals surface area (Å²) in [4.78, 5) is 12.4. The summed E-state index contributed by atoms with van der Waals surface area (Å²) in [7, 11) is 0. The topological polar surface area (TPSA) is 26.9 Å². The van der Waals surface area contributed by atoms with Crippen LogP contribution >= 0.6 is 11.6 Å². The number of hydrogen-bond acceptors (Lipinski definition) is 1. The van der Waals surface area contributed by atoms with Crippen molar-refractivity contribution in [3.63, 3.8) is 0 Å². The molecule has 18 heavy (non-hydrogen) atoms. The minimum atomic E-state index is -0.0155. The second kappa shape index (κ2) is 5.44. The van der Waals surface area contributed by atoms with Gasteiger partial charge in [0.2, 0.25) is 0 Å². The normalized spacial score (nSPS) is 11.0. The van der Waals surface area contributed by atoms with Crippen molar-refractivity contribution >= 4 is 28.3 Å². The van der Waals surface area contributed by atoms with E-state index in [1.54, 1.807) is 9.13 Å². The fraction of sp³-hybridized carbons (Fsp3) is 0.357. The molecule has 1 aromatic heterocycles. The smallest absolute Gasteiger partial charge is 0.292 e. The standard InChI is InChI=1S/C14H17ClN2O/c1-11(2)17-13-8-4-3-7-12(13)16(14(17)18)10-6-5-9-15/h3-4,7-8H,1,5-6,9-10H2,2H3. The summed E-state index contributed by atoms with van der Waals surface area (Å²) in [6.45, 7) is 6.42. The van der Waals surface area contributed by atoms with Crippen LogP contribution in [0.15, 0.2) is 35.6 Å². The van der Waals surface area contributed by atoms with Crippen LogP contribution in [-0.4, -0.2) is 15.0 Å². The predicted molar refractivity (Wildman–Crippen MR) is 77.2 cm³/mol. The zero-order valence-corrected chi connectivity index (χ0v) is 11.3. The minimum Gasteiger partial charge on any atom is -0.292 e. The monoisotopic (exact) mass is 264 g/mol. The number of fused-ring (bicyclic) bond motifs is 1. The van der Waals surface area contributed by atoms with Crippen molar-refractivity contribution in [3.8, 4) is 0 Å². The van der Waals surface area contributed by atoms with E-state index in [2.05, 4.69) is 6.58 Å². The molecule has 2 aromatic rings. The van der Waals surface area contributed by atoms with E-state index < -0.39 is 0 Å². The molecule has 0 radical (unpaired) electrons. The van der Waals surface area contributed by atoms with Crippen molar-refractivity contribution in [2.45, 2.75) is 26.3 Å². The predicted octanol–water partition coefficient (Wildman–Crippen LogP) is 3.31. The summed E-state index contributed by atoms with van der Waals surface area (Å²) in [6.07, 6.45) is 1.83. The van der Waals surface area contributed by atoms with Gasteiger partial charge in [-0.3, -0.25) is 9.13 Å². The number of benzene rings is 1. The number of aromatic nitrogens is 2. The van der Waals surface area contributed by atoms with Gasteiger partial charge < -0.3 is 0 Å². The van der Waals surface area contributed by atoms with Gasteiger partial charge in [0.05, 0.1) is 11.0 Å². The van der Waals surface area contributed by atoms with Gasteiger partial charge in [-0.1, -0.05) is 18.7 Å². The van der Waals surface area contributed by atoms with Crippen LogP contribution in [0.3, 0.4) is 0 Å². The average Bonchev–Trinajstić information content (AvgIpc) is 2.63. The first kappa shape index (κ1) is 13.0. The number of alkyl halides is 1. The van der Waals surface area contributed by atoms with Crippen molar-refractivity contribution in [1.29, 1.82) is 0 Å². The van der Waals surface area contributed by atoms with Gasteiger partial charge in [0, 0.05) is 18.1 Å². The van der Waals surface area contributed by atoms with E-state index in [0.29, 0.717) is 12.4 Å². The van der Waals surface area contributed by atoms with Gasteiger partial charge in [-0.15, -0.1) is 11.6 Å². The van der Waals surface area contributed by atoms with E-state index in [4.69, 9.17) is 11.6 Å². The maximum absolute atomic E-state index is 12.4. The van der Waals surface area contributed by atoms with Crippen molar-refractivity contribution in [2.75, 3.05) is 5.88 Å². The minimum absolute atomic E-state index is 0.0155. The molecular weight excluding hydrogens is 248 g/mol. The summed E-state index contributed by atoms with van der Waals surface area (Å²) >= 11 is 5.67. The number of rotatable bonds is 5. The van der Waals surface area contributed by atoms with Crippen LogP contribution in [0.4, 0.5) is 0 Å². The van der Waals surface area contributed by atoms with E-state index >= 15 is 0 Å². The molecule has 2 rings (SSSR count). The Kier molecular flexibility index (Phi) is 3.92. The molecule has 0 unspecified atom stereocenters. The number of hydrogen-bond donors (Lipinski definition) is 0. The average molecular weight is 265 g/mol. The van der Waals surface area contributed by atoms with Gasteiger partial charge in [-0.05, 0) is 31.9 Å². The Morgan fingerprint density at radius 1 is 1.28 bits per heavy atom. The Hall–Kier alpha value is -1.48. The molecule has 0 aliphatic carbocycles. The largest absolute Gasteiger partial charge is 0.333 e. The molecule has 4 heteroatoms. The maximum Gasteiger partial charge on any atom is 0.333 e. The highest BCUT2D eigenvalue weighted by Crippen LogP contribution is 2.16. The fourth-order valence-corrected chi connectivity index (χ4v) is 2.35. The maximum atomic E-state index is 12.4. The number of allylic oxidation sites excluding steroid dienone is 1. The molecule has 0 atom stereocenters. The quantitative estimate of drug-likeness (QED) is 0.601. The highest BCUT2D eigenvalue weighted by atomic mass is 35.5. The first-order chi connectivity index (χ1) is 8.66. The molecule has 1 heterocycles. The van der Waals surface area contributed by atoms with E-state index in [1.165, 1.54) is 0 Å². The Morgan fingerprint density at radius 3 is 2.56 bits per heavy atom. The third-order valence-corrected chi connectivity index (χ3v) is 3.25. The van der Waals surface area contributed by atoms with Gasteiger partial charge in [0.25, 0.3) is 0 Å². The summed E-state index contributed by atoms with van der Waals surface area (Å²) in [5, 5.41) is 0. The molecule has 0 bridgehead atoms. The van der Waals surface area contributed by atoms with E-state index in [9.17, 15) is 4.79 Å². The number of nitrogens with zero attached hydrogens (tertiary/aromatic N) is 2. The summed E-state index contributed by atoms with van der Waals surface area (Å²) in [5.41, 5.74) is 2.60. The lowest BCUT2D eigenvalue weighted by atomic mass is 10.3. The van der Waals surface area contributed by atoms with Crippen LogP contribution < -0.4 is 5.69 Å². The molecule has 0 saturated heterocycles. The van der Waals surface area contributed by atoms with Crippen LogP contribution in [0.2, 0.25) is 0 Å². The lowest BCUT2D eigenvalue weighted by Crippen LogP contribution is -2.23. The molecular formula is C14H17ClN2O. The highest BCUT2D eigenvalue weighted by Gasteiger charge is 2.12. The molecule has 1 aromatic carbocycles. The number of halogens is 1. The second-order valence-electron chi connectivity index (χ2n) is 4.39. The molecule has 0 saturated carbocycles. The molecule has 3 nitrogen and oxygen atoms in total. The first-order valence-electron chi connectivity index (χ1n) is 6.09. The Morgan fingerprint density at radius 2 is 1.94 bits per heavy atom. The second-order valence-corrected chi connectivity index (χ2v) is 4.77. The van der Waals surface area contributed by atoms with Crippen molar-refractivity contribution in [2.24, 2.45) is 0 Å². The molecule has 0 fully saturated rings. The van der Waals surface area contributed by atoms with E-state index in [0.717, 1.165) is 29.6 Å². The van der Waals surface area contributed by atoms with E-state index in [-0.39, 0.29) is 5.69 Å². The van der Waals surface area contributed by atoms with Gasteiger partial charge in [0.15, 0.2) is 0 Å². The first-order valence-corrected chi connectivity index (χ1v) is 6.62. The summed E-state index contributed by atoms with van der Waals surface area (Å²) < 4.78 is 3.46. The molecule has 0 spiro atoms. The third kappa shape index (κ3) is 2.23. The molecule has 0 amide bonds. The van der Waals surface area contributed by atoms with Crippen LogP contribution in [0.25, 0.3) is 16.7 Å². The zero-order chi connectivity index (χ0) is 13.1. The highest BCUT2D eigenvalue weighted by molar-refractivity contribution is 6.17. The van der Waals surface area contributed by atoms with Crippen LogP contribution in [-0.2, 0) is 6.54 Å². The molecule has 0 aliphatic heterocycles. The van der Waals surface area contributed by atoms with Crippen molar-refractivity contribution < 1.29 is 0 Å². The molecule has 96 valence electrons. The lowest BCUT2D eigenvalue weighted by molar-refractivity contribution is 0.625. The van der Waals surface area contributed by atoms with Crippen LogP contribution in [0.1, 0.15) is 19.8 Å². The Labute approximate surface area is 111 Å². The SMILES string of the molecule is C=C(C)n1c(=O)n(CCCCCl)c2ccccc21. The van der Waals surface area contributed by atoms with E-state index in [1.807, 2.05) is 31.2 Å². The van der Waals surface area contributed by atoms with Crippen molar-refractivity contribution in [1.82, 2.24) is 9.13 Å². The molecule has 0 aliphatic rings. The van der Waals surface area contributed by atoms with Crippen molar-refractivity contribution in [3.05, 3.63) is 41.3 Å². The third-order valence-electron chi connectivity index (χ3n) is 2.98. The van der Waals surface area contributed by atoms with Gasteiger partial charge in [-0.25, -0.2) is 4.79 Å².